The van der Waals surface area contributed by atoms with Crippen molar-refractivity contribution in [2.45, 2.75) is 123 Å². The normalized spacial score (nSPS) is 13.3. The molecule has 3 aromatic carbocycles. The van der Waals surface area contributed by atoms with E-state index < -0.39 is 53.2 Å². The van der Waals surface area contributed by atoms with E-state index in [0.29, 0.717) is 23.1 Å². The highest BCUT2D eigenvalue weighted by molar-refractivity contribution is 5.94. The lowest BCUT2D eigenvalue weighted by atomic mass is 9.97. The molecule has 0 aromatic heterocycles. The molecule has 0 saturated carbocycles. The Bertz CT molecular complexity index is 1660. The summed E-state index contributed by atoms with van der Waals surface area (Å²) in [5.41, 5.74) is 0.655. The Morgan fingerprint density at radius 1 is 0.736 bits per heavy atom. The molecule has 0 spiro atoms. The van der Waals surface area contributed by atoms with Gasteiger partial charge in [-0.15, -0.1) is 0 Å². The number of esters is 1. The van der Waals surface area contributed by atoms with Crippen LogP contribution in [0.3, 0.4) is 0 Å². The lowest BCUT2D eigenvalue weighted by Gasteiger charge is -2.35. The van der Waals surface area contributed by atoms with Crippen LogP contribution in [0.2, 0.25) is 0 Å². The molecule has 0 heterocycles. The highest BCUT2D eigenvalue weighted by atomic mass is 16.6. The maximum absolute atomic E-state index is 14.9. The highest BCUT2D eigenvalue weighted by Crippen LogP contribution is 2.29. The van der Waals surface area contributed by atoms with E-state index >= 15 is 0 Å². The van der Waals surface area contributed by atoms with E-state index in [0.717, 1.165) is 24.8 Å². The molecule has 3 atom stereocenters. The van der Waals surface area contributed by atoms with Crippen molar-refractivity contribution >= 4 is 23.9 Å². The molecule has 0 saturated heterocycles. The van der Waals surface area contributed by atoms with Gasteiger partial charge in [-0.05, 0) is 101 Å². The number of carbonyl (C=O) groups excluding carboxylic acids is 4. The minimum Gasteiger partial charge on any atom is -0.508 e. The Morgan fingerprint density at radius 2 is 1.34 bits per heavy atom. The third kappa shape index (κ3) is 14.1. The molecule has 3 rings (SSSR count). The van der Waals surface area contributed by atoms with Crippen molar-refractivity contribution in [2.24, 2.45) is 0 Å². The second kappa shape index (κ2) is 19.1. The van der Waals surface area contributed by atoms with Gasteiger partial charge in [0.1, 0.15) is 40.8 Å². The van der Waals surface area contributed by atoms with Gasteiger partial charge in [0.2, 0.25) is 11.8 Å². The first-order valence-corrected chi connectivity index (χ1v) is 18.3. The molecular formula is C42H57N3O8. The summed E-state index contributed by atoms with van der Waals surface area (Å²) < 4.78 is 11.3. The summed E-state index contributed by atoms with van der Waals surface area (Å²) in [6.07, 6.45) is 2.53. The van der Waals surface area contributed by atoms with E-state index in [1.807, 2.05) is 30.3 Å². The number of nitrogens with one attached hydrogen (secondary N) is 2. The molecule has 11 nitrogen and oxygen atoms in total. The van der Waals surface area contributed by atoms with Crippen molar-refractivity contribution < 1.29 is 38.9 Å². The largest absolute Gasteiger partial charge is 0.508 e. The number of phenolic OH excluding ortho intramolecular Hbond substituents is 2. The van der Waals surface area contributed by atoms with E-state index in [1.54, 1.807) is 72.7 Å². The van der Waals surface area contributed by atoms with Gasteiger partial charge in [0.25, 0.3) is 0 Å². The number of hydrogen-bond acceptors (Lipinski definition) is 8. The molecule has 0 radical (unpaired) electrons. The van der Waals surface area contributed by atoms with Crippen LogP contribution in [0.4, 0.5) is 4.79 Å². The summed E-state index contributed by atoms with van der Waals surface area (Å²) in [6.45, 7) is 14.3. The first-order chi connectivity index (χ1) is 24.9. The Morgan fingerprint density at radius 3 is 1.92 bits per heavy atom. The molecule has 0 fully saturated rings. The van der Waals surface area contributed by atoms with Gasteiger partial charge in [-0.3, -0.25) is 9.59 Å². The van der Waals surface area contributed by atoms with E-state index in [2.05, 4.69) is 17.6 Å². The first kappa shape index (κ1) is 42.4. The zero-order chi connectivity index (χ0) is 39.3. The van der Waals surface area contributed by atoms with Crippen LogP contribution in [0.1, 0.15) is 102 Å². The highest BCUT2D eigenvalue weighted by Gasteiger charge is 2.38. The quantitative estimate of drug-likeness (QED) is 0.0902. The van der Waals surface area contributed by atoms with Crippen molar-refractivity contribution in [3.8, 4) is 11.5 Å². The average Bonchev–Trinajstić information content (AvgIpc) is 3.06. The molecular weight excluding hydrogens is 674 g/mol. The zero-order valence-electron chi connectivity index (χ0n) is 32.4. The van der Waals surface area contributed by atoms with E-state index in [1.165, 1.54) is 23.1 Å². The molecule has 0 aliphatic heterocycles. The molecule has 3 unspecified atom stereocenters. The van der Waals surface area contributed by atoms with Gasteiger partial charge in [-0.25, -0.2) is 9.59 Å². The van der Waals surface area contributed by atoms with Crippen LogP contribution in [0.25, 0.3) is 0 Å². The van der Waals surface area contributed by atoms with Gasteiger partial charge in [0, 0.05) is 19.4 Å². The Balaban J connectivity index is 2.16. The number of phenols is 2. The third-order valence-corrected chi connectivity index (χ3v) is 8.29. The zero-order valence-corrected chi connectivity index (χ0v) is 32.4. The fourth-order valence-corrected chi connectivity index (χ4v) is 5.78. The molecule has 0 aliphatic carbocycles. The first-order valence-electron chi connectivity index (χ1n) is 18.3. The lowest BCUT2D eigenvalue weighted by molar-refractivity contribution is -0.159. The average molecular weight is 732 g/mol. The number of carbonyl (C=O) groups is 4. The van der Waals surface area contributed by atoms with Crippen LogP contribution in [0.5, 0.6) is 11.5 Å². The van der Waals surface area contributed by atoms with Gasteiger partial charge in [-0.2, -0.15) is 0 Å². The monoisotopic (exact) mass is 731 g/mol. The number of aryl methyl sites for hydroxylation is 1. The van der Waals surface area contributed by atoms with Gasteiger partial charge >= 0.3 is 12.1 Å². The SMILES string of the molecule is CCCCCCN(C(=O)C(Cc1ccc(O)cc1)NC(=O)OC(C)(C)C)C(C(=O)NC(Cc1ccccc1)C(=O)OC(C)(C)C)c1ccc(O)c(C)c1. The number of benzene rings is 3. The second-order valence-corrected chi connectivity index (χ2v) is 15.4. The standard InChI is InChI=1S/C42H57N3O8/c1-9-10-11-15-24-45(38(49)33(44-40(51)53-42(6,7)8)26-30-18-21-32(46)22-19-30)36(31-20-23-35(47)28(2)25-31)37(48)43-34(39(50)52-41(3,4)5)27-29-16-13-12-14-17-29/h12-14,16-23,25,33-34,36,46-47H,9-11,15,24,26-27H2,1-8H3,(H,43,48)(H,44,51). The topological polar surface area (TPSA) is 154 Å². The van der Waals surface area contributed by atoms with Gasteiger partial charge in [-0.1, -0.05) is 74.7 Å². The summed E-state index contributed by atoms with van der Waals surface area (Å²) >= 11 is 0. The van der Waals surface area contributed by atoms with Gasteiger partial charge < -0.3 is 35.2 Å². The molecule has 288 valence electrons. The van der Waals surface area contributed by atoms with Crippen LogP contribution in [-0.4, -0.2) is 68.8 Å². The number of unbranched alkanes of at least 4 members (excludes halogenated alkanes) is 3. The number of ether oxygens (including phenoxy) is 2. The lowest BCUT2D eigenvalue weighted by Crippen LogP contribution is -2.55. The van der Waals surface area contributed by atoms with E-state index in [4.69, 9.17) is 9.47 Å². The van der Waals surface area contributed by atoms with Crippen molar-refractivity contribution in [3.63, 3.8) is 0 Å². The summed E-state index contributed by atoms with van der Waals surface area (Å²) in [6, 6.07) is 16.7. The molecule has 53 heavy (non-hydrogen) atoms. The summed E-state index contributed by atoms with van der Waals surface area (Å²) in [4.78, 5) is 58.0. The predicted molar refractivity (Wildman–Crippen MR) is 204 cm³/mol. The number of nitrogens with zero attached hydrogens (tertiary/aromatic N) is 1. The molecule has 11 heteroatoms. The number of amides is 3. The minimum absolute atomic E-state index is 0.0150. The predicted octanol–water partition coefficient (Wildman–Crippen LogP) is 7.06. The Hall–Kier alpha value is -5.06. The smallest absolute Gasteiger partial charge is 0.408 e. The number of aromatic hydroxyl groups is 2. The molecule has 0 bridgehead atoms. The summed E-state index contributed by atoms with van der Waals surface area (Å²) in [5.74, 6) is -1.76. The van der Waals surface area contributed by atoms with Gasteiger partial charge in [0.15, 0.2) is 0 Å². The Labute approximate surface area is 314 Å². The fraction of sp³-hybridized carbons (Fsp3) is 0.476. The van der Waals surface area contributed by atoms with E-state index in [9.17, 15) is 29.4 Å². The maximum Gasteiger partial charge on any atom is 0.408 e. The molecule has 3 aromatic rings. The van der Waals surface area contributed by atoms with Crippen LogP contribution in [-0.2, 0) is 36.7 Å². The van der Waals surface area contributed by atoms with Gasteiger partial charge in [0.05, 0.1) is 0 Å². The maximum atomic E-state index is 14.9. The molecule has 4 N–H and O–H groups in total. The van der Waals surface area contributed by atoms with Crippen molar-refractivity contribution in [1.29, 1.82) is 0 Å². The Kier molecular flexibility index (Phi) is 15.3. The van der Waals surface area contributed by atoms with Crippen molar-refractivity contribution in [1.82, 2.24) is 15.5 Å². The summed E-state index contributed by atoms with van der Waals surface area (Å²) in [5, 5.41) is 26.0. The van der Waals surface area contributed by atoms with Crippen molar-refractivity contribution in [2.75, 3.05) is 6.54 Å². The van der Waals surface area contributed by atoms with E-state index in [-0.39, 0.29) is 30.9 Å². The van der Waals surface area contributed by atoms with Crippen LogP contribution < -0.4 is 10.6 Å². The molecule has 0 aliphatic rings. The number of rotatable bonds is 16. The third-order valence-electron chi connectivity index (χ3n) is 8.29. The fourth-order valence-electron chi connectivity index (χ4n) is 5.78. The minimum atomic E-state index is -1.27. The second-order valence-electron chi connectivity index (χ2n) is 15.4. The van der Waals surface area contributed by atoms with Crippen LogP contribution in [0.15, 0.2) is 72.8 Å². The van der Waals surface area contributed by atoms with Crippen LogP contribution in [0, 0.1) is 6.92 Å². The number of hydrogen-bond donors (Lipinski definition) is 4. The van der Waals surface area contributed by atoms with Crippen LogP contribution >= 0.6 is 0 Å². The molecule has 3 amide bonds. The summed E-state index contributed by atoms with van der Waals surface area (Å²) in [7, 11) is 0. The number of alkyl carbamates (subject to hydrolysis) is 1. The van der Waals surface area contributed by atoms with Crippen molar-refractivity contribution in [3.05, 3.63) is 95.1 Å².